The maximum Gasteiger partial charge on any atom is 0.141 e. The van der Waals surface area contributed by atoms with E-state index in [1.807, 2.05) is 0 Å². The Balaban J connectivity index is 2.08. The van der Waals surface area contributed by atoms with E-state index < -0.39 is 5.82 Å². The van der Waals surface area contributed by atoms with E-state index in [1.54, 1.807) is 24.5 Å². The minimum atomic E-state index is -0.513. The van der Waals surface area contributed by atoms with Gasteiger partial charge in [0.2, 0.25) is 0 Å². The van der Waals surface area contributed by atoms with Crippen LogP contribution in [0, 0.1) is 17.1 Å². The number of anilines is 1. The lowest BCUT2D eigenvalue weighted by atomic mass is 10.2. The van der Waals surface area contributed by atoms with Gasteiger partial charge < -0.3 is 5.32 Å². The summed E-state index contributed by atoms with van der Waals surface area (Å²) in [4.78, 5) is 7.76. The maximum absolute atomic E-state index is 13.1. The van der Waals surface area contributed by atoms with Gasteiger partial charge in [-0.2, -0.15) is 5.26 Å². The van der Waals surface area contributed by atoms with Gasteiger partial charge in [0.15, 0.2) is 0 Å². The molecule has 0 amide bonds. The fraction of sp³-hybridized carbons (Fsp3) is 0.0833. The molecule has 0 bridgehead atoms. The summed E-state index contributed by atoms with van der Waals surface area (Å²) >= 11 is 0. The molecule has 0 saturated carbocycles. The molecule has 4 nitrogen and oxygen atoms in total. The number of rotatable bonds is 3. The summed E-state index contributed by atoms with van der Waals surface area (Å²) < 4.78 is 13.1. The van der Waals surface area contributed by atoms with Crippen molar-refractivity contribution in [2.45, 2.75) is 6.54 Å². The highest BCUT2D eigenvalue weighted by Gasteiger charge is 2.02. The Labute approximate surface area is 97.8 Å². The minimum absolute atomic E-state index is 0.0271. The van der Waals surface area contributed by atoms with Crippen LogP contribution in [0.4, 0.5) is 10.1 Å². The molecule has 5 heteroatoms. The molecule has 0 fully saturated rings. The third kappa shape index (κ3) is 2.75. The molecular formula is C12H9FN4. The Hall–Kier alpha value is -2.48. The van der Waals surface area contributed by atoms with E-state index in [9.17, 15) is 4.39 Å². The number of aromatic nitrogens is 2. The Morgan fingerprint density at radius 3 is 2.76 bits per heavy atom. The van der Waals surface area contributed by atoms with Crippen LogP contribution in [0.5, 0.6) is 0 Å². The van der Waals surface area contributed by atoms with E-state index in [1.165, 1.54) is 18.5 Å². The predicted molar refractivity (Wildman–Crippen MR) is 60.5 cm³/mol. The van der Waals surface area contributed by atoms with Gasteiger partial charge in [-0.15, -0.1) is 0 Å². The zero-order valence-electron chi connectivity index (χ0n) is 8.89. The highest BCUT2D eigenvalue weighted by Crippen LogP contribution is 2.14. The number of nitrogens with one attached hydrogen (secondary N) is 1. The van der Waals surface area contributed by atoms with E-state index in [2.05, 4.69) is 15.3 Å². The summed E-state index contributed by atoms with van der Waals surface area (Å²) in [6.07, 6.45) is 4.83. The number of hydrogen-bond donors (Lipinski definition) is 1. The molecule has 0 radical (unpaired) electrons. The van der Waals surface area contributed by atoms with Gasteiger partial charge in [0.1, 0.15) is 18.2 Å². The zero-order valence-corrected chi connectivity index (χ0v) is 8.89. The summed E-state index contributed by atoms with van der Waals surface area (Å²) in [6.45, 7) is 0.525. The molecule has 1 heterocycles. The lowest BCUT2D eigenvalue weighted by molar-refractivity contribution is 0.624. The molecule has 0 atom stereocenters. The van der Waals surface area contributed by atoms with Gasteiger partial charge in [0, 0.05) is 30.2 Å². The molecule has 0 aliphatic carbocycles. The monoisotopic (exact) mass is 228 g/mol. The second-order valence-corrected chi connectivity index (χ2v) is 3.41. The minimum Gasteiger partial charge on any atom is -0.381 e. The van der Waals surface area contributed by atoms with Gasteiger partial charge in [0.25, 0.3) is 0 Å². The van der Waals surface area contributed by atoms with Crippen LogP contribution in [0.3, 0.4) is 0 Å². The van der Waals surface area contributed by atoms with Crippen LogP contribution in [0.1, 0.15) is 11.1 Å². The van der Waals surface area contributed by atoms with Crippen LogP contribution in [0.2, 0.25) is 0 Å². The fourth-order valence-corrected chi connectivity index (χ4v) is 1.35. The first kappa shape index (κ1) is 11.0. The fourth-order valence-electron chi connectivity index (χ4n) is 1.35. The van der Waals surface area contributed by atoms with Gasteiger partial charge in [-0.05, 0) is 18.2 Å². The summed E-state index contributed by atoms with van der Waals surface area (Å²) in [5, 5.41) is 11.8. The highest BCUT2D eigenvalue weighted by atomic mass is 19.1. The topological polar surface area (TPSA) is 61.6 Å². The molecule has 0 unspecified atom stereocenters. The summed E-state index contributed by atoms with van der Waals surface area (Å²) in [5.41, 5.74) is 1.63. The molecule has 0 aliphatic heterocycles. The molecule has 0 saturated heterocycles. The van der Waals surface area contributed by atoms with Crippen LogP contribution in [-0.2, 0) is 6.54 Å². The molecule has 0 spiro atoms. The van der Waals surface area contributed by atoms with Gasteiger partial charge in [0.05, 0.1) is 5.56 Å². The Morgan fingerprint density at radius 2 is 2.06 bits per heavy atom. The number of halogens is 1. The smallest absolute Gasteiger partial charge is 0.141 e. The van der Waals surface area contributed by atoms with Crippen LogP contribution >= 0.6 is 0 Å². The van der Waals surface area contributed by atoms with Gasteiger partial charge in [-0.25, -0.2) is 14.4 Å². The first-order valence-corrected chi connectivity index (χ1v) is 4.97. The van der Waals surface area contributed by atoms with Crippen LogP contribution in [-0.4, -0.2) is 9.97 Å². The molecule has 1 aromatic carbocycles. The van der Waals surface area contributed by atoms with E-state index in [-0.39, 0.29) is 5.56 Å². The highest BCUT2D eigenvalue weighted by molar-refractivity contribution is 5.49. The quantitative estimate of drug-likeness (QED) is 0.873. The number of nitriles is 1. The standard InChI is InChI=1S/C12H9FN4/c13-12-2-1-11(3-10(12)4-14)17-7-9-5-15-8-16-6-9/h1-3,5-6,8,17H,7H2. The van der Waals surface area contributed by atoms with Crippen molar-refractivity contribution in [2.24, 2.45) is 0 Å². The Bertz CT molecular complexity index is 548. The number of benzene rings is 1. The van der Waals surface area contributed by atoms with Gasteiger partial charge in [-0.1, -0.05) is 0 Å². The molecule has 1 N–H and O–H groups in total. The zero-order chi connectivity index (χ0) is 12.1. The van der Waals surface area contributed by atoms with Crippen molar-refractivity contribution >= 4 is 5.69 Å². The molecule has 2 aromatic rings. The second-order valence-electron chi connectivity index (χ2n) is 3.41. The van der Waals surface area contributed by atoms with Crippen molar-refractivity contribution in [1.29, 1.82) is 5.26 Å². The molecule has 2 rings (SSSR count). The molecule has 17 heavy (non-hydrogen) atoms. The lowest BCUT2D eigenvalue weighted by Crippen LogP contribution is -2.01. The summed E-state index contributed by atoms with van der Waals surface area (Å²) in [6, 6.07) is 6.12. The van der Waals surface area contributed by atoms with Crippen LogP contribution in [0.25, 0.3) is 0 Å². The first-order valence-electron chi connectivity index (χ1n) is 4.97. The third-order valence-corrected chi connectivity index (χ3v) is 2.20. The molecule has 1 aromatic heterocycles. The number of hydrogen-bond acceptors (Lipinski definition) is 4. The van der Waals surface area contributed by atoms with Crippen molar-refractivity contribution < 1.29 is 4.39 Å². The average Bonchev–Trinajstić information content (AvgIpc) is 2.39. The Morgan fingerprint density at radius 1 is 1.29 bits per heavy atom. The van der Waals surface area contributed by atoms with Crippen molar-refractivity contribution in [3.05, 3.63) is 53.9 Å². The van der Waals surface area contributed by atoms with E-state index in [0.717, 1.165) is 5.56 Å². The van der Waals surface area contributed by atoms with Gasteiger partial charge >= 0.3 is 0 Å². The van der Waals surface area contributed by atoms with Crippen LogP contribution < -0.4 is 5.32 Å². The maximum atomic E-state index is 13.1. The lowest BCUT2D eigenvalue weighted by Gasteiger charge is -2.06. The van der Waals surface area contributed by atoms with Crippen molar-refractivity contribution in [2.75, 3.05) is 5.32 Å². The first-order chi connectivity index (χ1) is 8.29. The molecule has 0 aliphatic rings. The third-order valence-electron chi connectivity index (χ3n) is 2.20. The summed E-state index contributed by atoms with van der Waals surface area (Å²) in [5.74, 6) is -0.513. The van der Waals surface area contributed by atoms with Gasteiger partial charge in [-0.3, -0.25) is 0 Å². The van der Waals surface area contributed by atoms with E-state index in [0.29, 0.717) is 12.2 Å². The average molecular weight is 228 g/mol. The van der Waals surface area contributed by atoms with Crippen molar-refractivity contribution in [1.82, 2.24) is 9.97 Å². The molecule has 84 valence electrons. The van der Waals surface area contributed by atoms with Crippen LogP contribution in [0.15, 0.2) is 36.9 Å². The van der Waals surface area contributed by atoms with Crippen molar-refractivity contribution in [3.8, 4) is 6.07 Å². The Kier molecular flexibility index (Phi) is 3.26. The number of nitrogens with zero attached hydrogens (tertiary/aromatic N) is 3. The predicted octanol–water partition coefficient (Wildman–Crippen LogP) is 2.10. The normalized spacial score (nSPS) is 9.65. The molecular weight excluding hydrogens is 219 g/mol. The largest absolute Gasteiger partial charge is 0.381 e. The second kappa shape index (κ2) is 5.03. The SMILES string of the molecule is N#Cc1cc(NCc2cncnc2)ccc1F. The van der Waals surface area contributed by atoms with E-state index >= 15 is 0 Å². The van der Waals surface area contributed by atoms with Crippen molar-refractivity contribution in [3.63, 3.8) is 0 Å². The summed E-state index contributed by atoms with van der Waals surface area (Å²) in [7, 11) is 0. The van der Waals surface area contributed by atoms with E-state index in [4.69, 9.17) is 5.26 Å².